The molecular weight excluding hydrogens is 238 g/mol. The molecule has 1 aromatic carbocycles. The monoisotopic (exact) mass is 253 g/mol. The molecule has 17 heavy (non-hydrogen) atoms. The number of carbonyl (C=O) groups excluding carboxylic acids is 2. The van der Waals surface area contributed by atoms with Gasteiger partial charge in [-0.1, -0.05) is 37.1 Å². The van der Waals surface area contributed by atoms with Gasteiger partial charge < -0.3 is 5.32 Å². The molecule has 0 bridgehead atoms. The Morgan fingerprint density at radius 3 is 2.76 bits per heavy atom. The van der Waals surface area contributed by atoms with E-state index in [9.17, 15) is 9.59 Å². The Bertz CT molecular complexity index is 404. The van der Waals surface area contributed by atoms with E-state index in [1.165, 1.54) is 0 Å². The molecule has 1 N–H and O–H groups in total. The second kappa shape index (κ2) is 7.07. The van der Waals surface area contributed by atoms with Gasteiger partial charge in [-0.2, -0.15) is 0 Å². The number of amides is 1. The van der Waals surface area contributed by atoms with Crippen molar-refractivity contribution in [3.63, 3.8) is 0 Å². The summed E-state index contributed by atoms with van der Waals surface area (Å²) in [5.41, 5.74) is 0.522. The lowest BCUT2D eigenvalue weighted by Gasteiger charge is -2.04. The van der Waals surface area contributed by atoms with Crippen molar-refractivity contribution >= 4 is 23.3 Å². The van der Waals surface area contributed by atoms with Crippen LogP contribution in [0.1, 0.15) is 36.5 Å². The third-order valence-corrected chi connectivity index (χ3v) is 2.59. The van der Waals surface area contributed by atoms with Gasteiger partial charge >= 0.3 is 0 Å². The van der Waals surface area contributed by atoms with E-state index >= 15 is 0 Å². The fraction of sp³-hybridized carbons (Fsp3) is 0.385. The van der Waals surface area contributed by atoms with E-state index < -0.39 is 0 Å². The fourth-order valence-electron chi connectivity index (χ4n) is 1.37. The molecule has 0 saturated heterocycles. The second-order valence-electron chi connectivity index (χ2n) is 3.81. The number of carbonyl (C=O) groups is 2. The van der Waals surface area contributed by atoms with Crippen LogP contribution in [0.25, 0.3) is 0 Å². The van der Waals surface area contributed by atoms with Crippen LogP contribution in [0.3, 0.4) is 0 Å². The van der Waals surface area contributed by atoms with Crippen molar-refractivity contribution in [2.75, 3.05) is 6.54 Å². The molecule has 0 saturated carbocycles. The van der Waals surface area contributed by atoms with Crippen LogP contribution in [-0.4, -0.2) is 18.2 Å². The second-order valence-corrected chi connectivity index (χ2v) is 4.25. The Kier molecular flexibility index (Phi) is 5.70. The minimum atomic E-state index is -0.127. The minimum absolute atomic E-state index is 0.0306. The van der Waals surface area contributed by atoms with Gasteiger partial charge in [0.15, 0.2) is 5.78 Å². The van der Waals surface area contributed by atoms with Crippen LogP contribution in [0.4, 0.5) is 0 Å². The van der Waals surface area contributed by atoms with Crippen molar-refractivity contribution in [3.05, 3.63) is 34.9 Å². The zero-order valence-corrected chi connectivity index (χ0v) is 10.6. The molecule has 1 amide bonds. The minimum Gasteiger partial charge on any atom is -0.349 e. The Hall–Kier alpha value is -1.35. The zero-order chi connectivity index (χ0) is 12.7. The molecule has 3 nitrogen and oxygen atoms in total. The zero-order valence-electron chi connectivity index (χ0n) is 9.83. The predicted molar refractivity (Wildman–Crippen MR) is 68.3 cm³/mol. The van der Waals surface area contributed by atoms with E-state index in [0.29, 0.717) is 17.0 Å². The molecule has 0 aromatic heterocycles. The number of nitrogens with one attached hydrogen (secondary N) is 1. The van der Waals surface area contributed by atoms with Gasteiger partial charge in [-0.25, -0.2) is 0 Å². The number of halogens is 1. The van der Waals surface area contributed by atoms with Crippen LogP contribution in [0.2, 0.25) is 5.02 Å². The molecule has 0 radical (unpaired) electrons. The molecule has 0 heterocycles. The Balaban J connectivity index is 2.42. The first kappa shape index (κ1) is 13.7. The van der Waals surface area contributed by atoms with E-state index in [4.69, 9.17) is 11.6 Å². The number of hydrogen-bond acceptors (Lipinski definition) is 2. The molecule has 0 spiro atoms. The Morgan fingerprint density at radius 2 is 2.12 bits per heavy atom. The SMILES string of the molecule is CCCCC(=O)NCC(=O)c1cccc(Cl)c1. The van der Waals surface area contributed by atoms with Crippen LogP contribution >= 0.6 is 11.6 Å². The summed E-state index contributed by atoms with van der Waals surface area (Å²) in [6.45, 7) is 2.05. The molecule has 0 unspecified atom stereocenters. The first-order valence-corrected chi connectivity index (χ1v) is 6.06. The van der Waals surface area contributed by atoms with Gasteiger partial charge in [0.1, 0.15) is 0 Å². The molecule has 0 atom stereocenters. The van der Waals surface area contributed by atoms with Gasteiger partial charge in [0, 0.05) is 17.0 Å². The molecular formula is C13H16ClNO2. The highest BCUT2D eigenvalue weighted by molar-refractivity contribution is 6.31. The maximum Gasteiger partial charge on any atom is 0.220 e. The van der Waals surface area contributed by atoms with Gasteiger partial charge in [0.25, 0.3) is 0 Å². The van der Waals surface area contributed by atoms with Crippen molar-refractivity contribution in [1.29, 1.82) is 0 Å². The third-order valence-electron chi connectivity index (χ3n) is 2.35. The molecule has 1 rings (SSSR count). The van der Waals surface area contributed by atoms with E-state index in [1.807, 2.05) is 6.92 Å². The van der Waals surface area contributed by atoms with Crippen LogP contribution in [-0.2, 0) is 4.79 Å². The maximum absolute atomic E-state index is 11.7. The topological polar surface area (TPSA) is 46.2 Å². The molecule has 0 aliphatic heterocycles. The number of ketones is 1. The highest BCUT2D eigenvalue weighted by atomic mass is 35.5. The van der Waals surface area contributed by atoms with Crippen LogP contribution < -0.4 is 5.32 Å². The van der Waals surface area contributed by atoms with Gasteiger partial charge in [0.05, 0.1) is 6.54 Å². The van der Waals surface area contributed by atoms with Crippen molar-refractivity contribution in [2.45, 2.75) is 26.2 Å². The summed E-state index contributed by atoms with van der Waals surface area (Å²) >= 11 is 5.78. The molecule has 0 aliphatic rings. The first-order chi connectivity index (χ1) is 8.13. The highest BCUT2D eigenvalue weighted by Gasteiger charge is 2.08. The van der Waals surface area contributed by atoms with E-state index in [1.54, 1.807) is 24.3 Å². The normalized spacial score (nSPS) is 10.0. The van der Waals surface area contributed by atoms with Crippen molar-refractivity contribution in [3.8, 4) is 0 Å². The lowest BCUT2D eigenvalue weighted by Crippen LogP contribution is -2.29. The molecule has 92 valence electrons. The fourth-order valence-corrected chi connectivity index (χ4v) is 1.56. The number of rotatable bonds is 6. The number of hydrogen-bond donors (Lipinski definition) is 1. The predicted octanol–water partition coefficient (Wildman–Crippen LogP) is 2.83. The average Bonchev–Trinajstić information content (AvgIpc) is 2.33. The summed E-state index contributed by atoms with van der Waals surface area (Å²) in [7, 11) is 0. The summed E-state index contributed by atoms with van der Waals surface area (Å²) in [6, 6.07) is 6.71. The number of benzene rings is 1. The largest absolute Gasteiger partial charge is 0.349 e. The Labute approximate surface area is 106 Å². The van der Waals surface area contributed by atoms with E-state index in [2.05, 4.69) is 5.32 Å². The summed E-state index contributed by atoms with van der Waals surface area (Å²) in [6.07, 6.45) is 2.28. The van der Waals surface area contributed by atoms with Gasteiger partial charge in [-0.05, 0) is 18.6 Å². The number of Topliss-reactive ketones (excluding diaryl/α,β-unsaturated/α-hetero) is 1. The standard InChI is InChI=1S/C13H16ClNO2/c1-2-3-7-13(17)15-9-12(16)10-5-4-6-11(14)8-10/h4-6,8H,2-3,7,9H2,1H3,(H,15,17). The van der Waals surface area contributed by atoms with Gasteiger partial charge in [0.2, 0.25) is 5.91 Å². The molecule has 0 aliphatic carbocycles. The lowest BCUT2D eigenvalue weighted by molar-refractivity contribution is -0.121. The number of unbranched alkanes of at least 4 members (excludes halogenated alkanes) is 1. The van der Waals surface area contributed by atoms with Crippen molar-refractivity contribution in [2.24, 2.45) is 0 Å². The van der Waals surface area contributed by atoms with Gasteiger partial charge in [-0.3, -0.25) is 9.59 Å². The maximum atomic E-state index is 11.7. The highest BCUT2D eigenvalue weighted by Crippen LogP contribution is 2.10. The summed E-state index contributed by atoms with van der Waals surface area (Å²) in [5.74, 6) is -0.209. The molecule has 4 heteroatoms. The quantitative estimate of drug-likeness (QED) is 0.793. The van der Waals surface area contributed by atoms with Crippen molar-refractivity contribution < 1.29 is 9.59 Å². The summed E-state index contributed by atoms with van der Waals surface area (Å²) in [4.78, 5) is 23.0. The summed E-state index contributed by atoms with van der Waals surface area (Å²) < 4.78 is 0. The molecule has 0 fully saturated rings. The third kappa shape index (κ3) is 5.00. The lowest BCUT2D eigenvalue weighted by atomic mass is 10.1. The van der Waals surface area contributed by atoms with Crippen molar-refractivity contribution in [1.82, 2.24) is 5.32 Å². The van der Waals surface area contributed by atoms with Crippen LogP contribution in [0.5, 0.6) is 0 Å². The van der Waals surface area contributed by atoms with E-state index in [-0.39, 0.29) is 18.2 Å². The van der Waals surface area contributed by atoms with E-state index in [0.717, 1.165) is 12.8 Å². The van der Waals surface area contributed by atoms with Crippen LogP contribution in [0.15, 0.2) is 24.3 Å². The first-order valence-electron chi connectivity index (χ1n) is 5.69. The van der Waals surface area contributed by atoms with Crippen LogP contribution in [0, 0.1) is 0 Å². The van der Waals surface area contributed by atoms with Gasteiger partial charge in [-0.15, -0.1) is 0 Å². The molecule has 1 aromatic rings. The average molecular weight is 254 g/mol. The smallest absolute Gasteiger partial charge is 0.220 e. The Morgan fingerprint density at radius 1 is 1.35 bits per heavy atom. The summed E-state index contributed by atoms with van der Waals surface area (Å²) in [5, 5.41) is 3.13.